The first-order valence-corrected chi connectivity index (χ1v) is 13.1. The molecule has 3 atom stereocenters. The summed E-state index contributed by atoms with van der Waals surface area (Å²) in [6.07, 6.45) is 0.212. The van der Waals surface area contributed by atoms with Crippen LogP contribution in [-0.4, -0.2) is 53.6 Å². The van der Waals surface area contributed by atoms with Crippen LogP contribution in [0.25, 0.3) is 10.8 Å². The monoisotopic (exact) mass is 553 g/mol. The van der Waals surface area contributed by atoms with Crippen molar-refractivity contribution in [2.24, 2.45) is 5.73 Å². The van der Waals surface area contributed by atoms with Crippen molar-refractivity contribution < 1.29 is 29.0 Å². The molecule has 4 aromatic carbocycles. The van der Waals surface area contributed by atoms with E-state index in [2.05, 4.69) is 10.6 Å². The number of ether oxygens (including phenoxy) is 1. The lowest BCUT2D eigenvalue weighted by atomic mass is 9.98. The number of carboxylic acids is 1. The van der Waals surface area contributed by atoms with Crippen molar-refractivity contribution in [3.8, 4) is 0 Å². The van der Waals surface area contributed by atoms with Crippen LogP contribution in [0.2, 0.25) is 0 Å². The van der Waals surface area contributed by atoms with Crippen molar-refractivity contribution in [3.63, 3.8) is 0 Å². The maximum Gasteiger partial charge on any atom is 0.338 e. The molecule has 9 nitrogen and oxygen atoms in total. The third-order valence-corrected chi connectivity index (χ3v) is 6.58. The van der Waals surface area contributed by atoms with Crippen LogP contribution in [-0.2, 0) is 32.0 Å². The fourth-order valence-corrected chi connectivity index (χ4v) is 4.40. The Hall–Kier alpha value is -5.02. The molecule has 4 rings (SSSR count). The highest BCUT2D eigenvalue weighted by Gasteiger charge is 2.30. The topological polar surface area (TPSA) is 148 Å². The number of fused-ring (bicyclic) bond motifs is 1. The molecule has 0 saturated heterocycles. The number of nitrogens with one attached hydrogen (secondary N) is 2. The van der Waals surface area contributed by atoms with Crippen molar-refractivity contribution in [2.75, 3.05) is 6.61 Å². The number of benzene rings is 4. The number of carboxylic acid groups (broad SMARTS) is 1. The molecule has 0 unspecified atom stereocenters. The van der Waals surface area contributed by atoms with Crippen molar-refractivity contribution in [1.29, 1.82) is 0 Å². The summed E-state index contributed by atoms with van der Waals surface area (Å²) in [6, 6.07) is 26.7. The summed E-state index contributed by atoms with van der Waals surface area (Å²) in [6.45, 7) is -0.524. The Morgan fingerprint density at radius 2 is 1.32 bits per heavy atom. The Balaban J connectivity index is 1.49. The summed E-state index contributed by atoms with van der Waals surface area (Å²) in [5, 5.41) is 16.8. The van der Waals surface area contributed by atoms with Crippen molar-refractivity contribution in [3.05, 3.63) is 120 Å². The van der Waals surface area contributed by atoms with Gasteiger partial charge in [-0.2, -0.15) is 0 Å². The van der Waals surface area contributed by atoms with E-state index in [1.165, 1.54) is 0 Å². The van der Waals surface area contributed by atoms with E-state index in [0.717, 1.165) is 21.9 Å². The molecule has 41 heavy (non-hydrogen) atoms. The average molecular weight is 554 g/mol. The number of esters is 1. The van der Waals surface area contributed by atoms with Crippen LogP contribution in [0.4, 0.5) is 0 Å². The lowest BCUT2D eigenvalue weighted by molar-refractivity contribution is -0.142. The highest BCUT2D eigenvalue weighted by Crippen LogP contribution is 2.20. The van der Waals surface area contributed by atoms with Gasteiger partial charge in [0.25, 0.3) is 0 Å². The second kappa shape index (κ2) is 13.9. The lowest BCUT2D eigenvalue weighted by Gasteiger charge is -2.23. The summed E-state index contributed by atoms with van der Waals surface area (Å²) in [5.74, 6) is -3.42. The minimum atomic E-state index is -1.38. The molecule has 5 N–H and O–H groups in total. The quantitative estimate of drug-likeness (QED) is 0.197. The van der Waals surface area contributed by atoms with Gasteiger partial charge in [-0.3, -0.25) is 9.59 Å². The molecule has 0 aliphatic rings. The number of carbonyl (C=O) groups is 4. The molecule has 0 aliphatic carbocycles. The predicted octanol–water partition coefficient (Wildman–Crippen LogP) is 2.86. The van der Waals surface area contributed by atoms with E-state index in [4.69, 9.17) is 10.5 Å². The zero-order valence-electron chi connectivity index (χ0n) is 22.2. The van der Waals surface area contributed by atoms with Gasteiger partial charge in [-0.15, -0.1) is 0 Å². The van der Waals surface area contributed by atoms with Gasteiger partial charge in [0.15, 0.2) is 0 Å². The maximum absolute atomic E-state index is 13.4. The van der Waals surface area contributed by atoms with Gasteiger partial charge >= 0.3 is 11.9 Å². The minimum Gasteiger partial charge on any atom is -0.480 e. The highest BCUT2D eigenvalue weighted by atomic mass is 16.5. The average Bonchev–Trinajstić information content (AvgIpc) is 2.99. The van der Waals surface area contributed by atoms with Gasteiger partial charge in [0.05, 0.1) is 11.6 Å². The summed E-state index contributed by atoms with van der Waals surface area (Å²) < 4.78 is 5.33. The molecule has 9 heteroatoms. The largest absolute Gasteiger partial charge is 0.480 e. The van der Waals surface area contributed by atoms with Crippen molar-refractivity contribution in [1.82, 2.24) is 10.6 Å². The van der Waals surface area contributed by atoms with Crippen LogP contribution in [0.3, 0.4) is 0 Å². The first-order valence-electron chi connectivity index (χ1n) is 13.1. The van der Waals surface area contributed by atoms with Crippen LogP contribution >= 0.6 is 0 Å². The molecule has 0 bridgehead atoms. The number of carbonyl (C=O) groups excluding carboxylic acids is 3. The van der Waals surface area contributed by atoms with E-state index >= 15 is 0 Å². The molecular formula is C32H31N3O6. The highest BCUT2D eigenvalue weighted by molar-refractivity contribution is 5.93. The van der Waals surface area contributed by atoms with Crippen LogP contribution in [0, 0.1) is 0 Å². The van der Waals surface area contributed by atoms with E-state index in [9.17, 15) is 24.3 Å². The van der Waals surface area contributed by atoms with Gasteiger partial charge < -0.3 is 26.2 Å². The Morgan fingerprint density at radius 1 is 0.707 bits per heavy atom. The number of nitrogens with two attached hydrogens (primary N) is 1. The van der Waals surface area contributed by atoms with Crippen LogP contribution in [0.1, 0.15) is 21.5 Å². The number of hydrogen-bond acceptors (Lipinski definition) is 6. The molecule has 210 valence electrons. The SMILES string of the molecule is N[C@@H](Cc1ccccc1)C(=O)N[C@@H](COC(=O)c1ccccc1)C(=O)N[C@@H](Cc1cccc2ccccc12)C(=O)O. The van der Waals surface area contributed by atoms with E-state index < -0.39 is 48.5 Å². The molecule has 0 saturated carbocycles. The van der Waals surface area contributed by atoms with Crippen LogP contribution in [0.15, 0.2) is 103 Å². The lowest BCUT2D eigenvalue weighted by Crippen LogP contribution is -2.56. The Labute approximate surface area is 237 Å². The molecule has 4 aromatic rings. The standard InChI is InChI=1S/C32H31N3O6/c33-26(18-21-10-3-1-4-11-21)29(36)35-28(20-41-32(40)23-13-5-2-6-14-23)30(37)34-27(31(38)39)19-24-16-9-15-22-12-7-8-17-25(22)24/h1-17,26-28H,18-20,33H2,(H,34,37)(H,35,36)(H,38,39)/t26-,27-,28-/m0/s1. The summed E-state index contributed by atoms with van der Waals surface area (Å²) >= 11 is 0. The molecule has 0 fully saturated rings. The summed E-state index contributed by atoms with van der Waals surface area (Å²) in [7, 11) is 0. The Kier molecular flexibility index (Phi) is 9.80. The third-order valence-electron chi connectivity index (χ3n) is 6.58. The van der Waals surface area contributed by atoms with Crippen LogP contribution in [0.5, 0.6) is 0 Å². The molecule has 2 amide bonds. The van der Waals surface area contributed by atoms with E-state index in [-0.39, 0.29) is 18.4 Å². The van der Waals surface area contributed by atoms with E-state index in [1.54, 1.807) is 36.4 Å². The Bertz CT molecular complexity index is 1500. The molecule has 0 radical (unpaired) electrons. The zero-order valence-corrected chi connectivity index (χ0v) is 22.2. The normalized spacial score (nSPS) is 13.0. The maximum atomic E-state index is 13.4. The van der Waals surface area contributed by atoms with Crippen LogP contribution < -0.4 is 16.4 Å². The summed E-state index contributed by atoms with van der Waals surface area (Å²) in [5.41, 5.74) is 7.93. The van der Waals surface area contributed by atoms with Gasteiger partial charge in [-0.1, -0.05) is 91.0 Å². The predicted molar refractivity (Wildman–Crippen MR) is 154 cm³/mol. The van der Waals surface area contributed by atoms with Crippen molar-refractivity contribution >= 4 is 34.5 Å². The number of rotatable bonds is 12. The first kappa shape index (κ1) is 29.0. The van der Waals surface area contributed by atoms with Gasteiger partial charge in [-0.05, 0) is 40.5 Å². The number of hydrogen-bond donors (Lipinski definition) is 4. The fraction of sp³-hybridized carbons (Fsp3) is 0.188. The number of aliphatic carboxylic acids is 1. The van der Waals surface area contributed by atoms with E-state index in [0.29, 0.717) is 0 Å². The molecule has 0 aromatic heterocycles. The first-order chi connectivity index (χ1) is 19.8. The zero-order chi connectivity index (χ0) is 29.2. The van der Waals surface area contributed by atoms with E-state index in [1.807, 2.05) is 66.7 Å². The molecule has 0 aliphatic heterocycles. The van der Waals surface area contributed by atoms with Gasteiger partial charge in [0.2, 0.25) is 11.8 Å². The minimum absolute atomic E-state index is 0.000414. The second-order valence-corrected chi connectivity index (χ2v) is 9.56. The number of amides is 2. The summed E-state index contributed by atoms with van der Waals surface area (Å²) in [4.78, 5) is 51.0. The third kappa shape index (κ3) is 8.00. The second-order valence-electron chi connectivity index (χ2n) is 9.56. The van der Waals surface area contributed by atoms with Gasteiger partial charge in [0, 0.05) is 6.42 Å². The Morgan fingerprint density at radius 3 is 2.02 bits per heavy atom. The fourth-order valence-electron chi connectivity index (χ4n) is 4.40. The smallest absolute Gasteiger partial charge is 0.338 e. The van der Waals surface area contributed by atoms with Crippen molar-refractivity contribution in [2.45, 2.75) is 31.0 Å². The van der Waals surface area contributed by atoms with Gasteiger partial charge in [-0.25, -0.2) is 9.59 Å². The molecular weight excluding hydrogens is 522 g/mol. The van der Waals surface area contributed by atoms with Gasteiger partial charge in [0.1, 0.15) is 18.7 Å². The molecule has 0 heterocycles. The molecule has 0 spiro atoms.